The molecular formula is C23H27ClF4N4O2S. The molecule has 6 nitrogen and oxygen atoms in total. The van der Waals surface area contributed by atoms with Crippen molar-refractivity contribution in [3.8, 4) is 0 Å². The topological polar surface area (TPSA) is 88.3 Å². The summed E-state index contributed by atoms with van der Waals surface area (Å²) in [6.07, 6.45) is -3.11. The molecule has 1 aromatic heterocycles. The van der Waals surface area contributed by atoms with Gasteiger partial charge in [0.1, 0.15) is 0 Å². The minimum absolute atomic E-state index is 0.0168. The summed E-state index contributed by atoms with van der Waals surface area (Å²) in [7, 11) is 3.51. The summed E-state index contributed by atoms with van der Waals surface area (Å²) < 4.78 is 56.0. The van der Waals surface area contributed by atoms with Crippen molar-refractivity contribution in [3.05, 3.63) is 50.2 Å². The van der Waals surface area contributed by atoms with Crippen LogP contribution in [0.25, 0.3) is 0 Å². The number of carbonyl (C=O) groups is 2. The van der Waals surface area contributed by atoms with Crippen LogP contribution >= 0.6 is 22.9 Å². The van der Waals surface area contributed by atoms with Crippen LogP contribution in [0.2, 0.25) is 5.02 Å². The lowest BCUT2D eigenvalue weighted by Gasteiger charge is -2.29. The maximum absolute atomic E-state index is 14.4. The normalized spacial score (nSPS) is 16.7. The van der Waals surface area contributed by atoms with E-state index in [-0.39, 0.29) is 48.9 Å². The third-order valence-electron chi connectivity index (χ3n) is 6.54. The number of amides is 2. The van der Waals surface area contributed by atoms with E-state index in [1.165, 1.54) is 29.7 Å². The Kier molecular flexibility index (Phi) is 8.12. The number of nitrogens with two attached hydrogens (primary N) is 1. The van der Waals surface area contributed by atoms with E-state index >= 15 is 0 Å². The molecule has 1 aliphatic carbocycles. The lowest BCUT2D eigenvalue weighted by atomic mass is 9.84. The summed E-state index contributed by atoms with van der Waals surface area (Å²) in [4.78, 5) is 30.4. The Morgan fingerprint density at radius 3 is 2.46 bits per heavy atom. The molecule has 2 aromatic rings. The molecule has 2 amide bonds. The van der Waals surface area contributed by atoms with Crippen molar-refractivity contribution < 1.29 is 27.2 Å². The van der Waals surface area contributed by atoms with Crippen LogP contribution in [0.5, 0.6) is 0 Å². The third kappa shape index (κ3) is 5.95. The zero-order valence-corrected chi connectivity index (χ0v) is 21.1. The van der Waals surface area contributed by atoms with Crippen LogP contribution in [0.4, 0.5) is 17.6 Å². The highest BCUT2D eigenvalue weighted by Gasteiger charge is 2.67. The molecule has 0 saturated heterocycles. The highest BCUT2D eigenvalue weighted by molar-refractivity contribution is 7.11. The minimum atomic E-state index is -4.42. The van der Waals surface area contributed by atoms with Gasteiger partial charge in [0.05, 0.1) is 21.0 Å². The molecular weight excluding hydrogens is 508 g/mol. The number of thiazole rings is 1. The number of primary amides is 1. The van der Waals surface area contributed by atoms with Gasteiger partial charge < -0.3 is 16.0 Å². The molecule has 1 aliphatic rings. The van der Waals surface area contributed by atoms with E-state index in [9.17, 15) is 27.2 Å². The zero-order valence-electron chi connectivity index (χ0n) is 19.5. The van der Waals surface area contributed by atoms with Crippen LogP contribution in [-0.4, -0.2) is 54.6 Å². The predicted molar refractivity (Wildman–Crippen MR) is 126 cm³/mol. The fourth-order valence-corrected chi connectivity index (χ4v) is 5.43. The van der Waals surface area contributed by atoms with E-state index in [0.29, 0.717) is 15.4 Å². The zero-order chi connectivity index (χ0) is 26.1. The number of nitrogens with zero attached hydrogens (tertiary/aromatic N) is 2. The molecule has 35 heavy (non-hydrogen) atoms. The Balaban J connectivity index is 1.71. The van der Waals surface area contributed by atoms with Gasteiger partial charge in [-0.25, -0.2) is 9.37 Å². The van der Waals surface area contributed by atoms with E-state index in [0.717, 1.165) is 0 Å². The van der Waals surface area contributed by atoms with Gasteiger partial charge in [-0.05, 0) is 51.9 Å². The third-order valence-corrected chi connectivity index (χ3v) is 7.98. The van der Waals surface area contributed by atoms with Crippen molar-refractivity contribution in [1.82, 2.24) is 15.2 Å². The van der Waals surface area contributed by atoms with E-state index in [4.69, 9.17) is 17.3 Å². The molecule has 192 valence electrons. The van der Waals surface area contributed by atoms with Crippen molar-refractivity contribution in [2.45, 2.75) is 50.7 Å². The van der Waals surface area contributed by atoms with Gasteiger partial charge in [0.15, 0.2) is 5.82 Å². The number of aryl methyl sites for hydroxylation is 1. The molecule has 0 unspecified atom stereocenters. The van der Waals surface area contributed by atoms with Crippen molar-refractivity contribution in [2.24, 2.45) is 11.1 Å². The van der Waals surface area contributed by atoms with Crippen molar-refractivity contribution in [2.75, 3.05) is 20.6 Å². The van der Waals surface area contributed by atoms with Crippen LogP contribution in [0.3, 0.4) is 0 Å². The molecule has 0 aliphatic heterocycles. The highest BCUT2D eigenvalue weighted by Crippen LogP contribution is 2.66. The molecule has 1 fully saturated rings. The molecule has 0 bridgehead atoms. The van der Waals surface area contributed by atoms with Crippen LogP contribution in [0.1, 0.15) is 51.0 Å². The number of halogens is 5. The molecule has 0 spiro atoms. The number of hydrogen-bond acceptors (Lipinski definition) is 5. The van der Waals surface area contributed by atoms with Gasteiger partial charge in [-0.1, -0.05) is 17.7 Å². The molecule has 3 rings (SSSR count). The van der Waals surface area contributed by atoms with Gasteiger partial charge in [0.25, 0.3) is 5.91 Å². The number of hydrogen-bond donors (Lipinski definition) is 2. The summed E-state index contributed by atoms with van der Waals surface area (Å²) in [6, 6.07) is 2.40. The second-order valence-electron chi connectivity index (χ2n) is 9.08. The number of alkyl halides is 3. The fourth-order valence-electron chi connectivity index (χ4n) is 4.19. The fraction of sp³-hybridized carbons (Fsp3) is 0.522. The summed E-state index contributed by atoms with van der Waals surface area (Å²) >= 11 is 7.27. The average molecular weight is 535 g/mol. The molecule has 1 saturated carbocycles. The summed E-state index contributed by atoms with van der Waals surface area (Å²) in [5.41, 5.74) is 3.33. The number of benzene rings is 1. The first-order valence-electron chi connectivity index (χ1n) is 11.0. The summed E-state index contributed by atoms with van der Waals surface area (Å²) in [6.45, 7) is 1.82. The first kappa shape index (κ1) is 27.3. The molecule has 12 heteroatoms. The number of rotatable bonds is 10. The highest BCUT2D eigenvalue weighted by atomic mass is 35.5. The molecule has 2 atom stereocenters. The molecule has 0 radical (unpaired) electrons. The van der Waals surface area contributed by atoms with Gasteiger partial charge in [-0.3, -0.25) is 9.59 Å². The average Bonchev–Trinajstić information content (AvgIpc) is 3.47. The maximum Gasteiger partial charge on any atom is 0.395 e. The van der Waals surface area contributed by atoms with Crippen LogP contribution in [-0.2, 0) is 11.2 Å². The van der Waals surface area contributed by atoms with Crippen molar-refractivity contribution >= 4 is 34.8 Å². The van der Waals surface area contributed by atoms with Crippen LogP contribution in [0, 0.1) is 18.2 Å². The smallest absolute Gasteiger partial charge is 0.366 e. The van der Waals surface area contributed by atoms with Gasteiger partial charge in [-0.15, -0.1) is 11.3 Å². The minimum Gasteiger partial charge on any atom is -0.366 e. The Morgan fingerprint density at radius 2 is 1.97 bits per heavy atom. The lowest BCUT2D eigenvalue weighted by molar-refractivity contribution is -0.194. The predicted octanol–water partition coefficient (Wildman–Crippen LogP) is 4.45. The number of likely N-dealkylation sites (N-methyl/N-ethyl adjacent to an activating group) is 1. The first-order valence-corrected chi connectivity index (χ1v) is 12.1. The van der Waals surface area contributed by atoms with Crippen LogP contribution < -0.4 is 11.1 Å². The van der Waals surface area contributed by atoms with Gasteiger partial charge in [0.2, 0.25) is 5.91 Å². The second kappa shape index (κ2) is 10.4. The van der Waals surface area contributed by atoms with Crippen LogP contribution in [0.15, 0.2) is 18.3 Å². The van der Waals surface area contributed by atoms with E-state index < -0.39 is 35.1 Å². The number of nitrogens with one attached hydrogen (secondary N) is 1. The monoisotopic (exact) mass is 534 g/mol. The SMILES string of the molecule is Cc1ncc([C@H](CC(=O)NC[C@H](Cc2ccc(C(N)=O)c(F)c2Cl)N(C)C)C2(C(F)(F)F)CC2)s1. The van der Waals surface area contributed by atoms with Gasteiger partial charge >= 0.3 is 6.18 Å². The van der Waals surface area contributed by atoms with Gasteiger partial charge in [0, 0.05) is 36.0 Å². The number of aromatic nitrogens is 1. The second-order valence-corrected chi connectivity index (χ2v) is 10.7. The van der Waals surface area contributed by atoms with E-state index in [1.807, 2.05) is 0 Å². The van der Waals surface area contributed by atoms with Gasteiger partial charge in [-0.2, -0.15) is 13.2 Å². The van der Waals surface area contributed by atoms with E-state index in [2.05, 4.69) is 10.3 Å². The quantitative estimate of drug-likeness (QED) is 0.441. The number of carbonyl (C=O) groups excluding carboxylic acids is 2. The Bertz CT molecular complexity index is 1100. The standard InChI is InChI=1S/C23H27ClF4N4O2S/c1-12-30-11-17(35-12)16(22(6-7-22)23(26,27)28)9-18(33)31-10-14(32(2)3)8-13-4-5-15(21(29)34)20(25)19(13)24/h4-5,11,14,16H,6-10H2,1-3H3,(H2,29,34)(H,31,33)/t14-,16-/m0/s1. The summed E-state index contributed by atoms with van der Waals surface area (Å²) in [5.74, 6) is -3.37. The van der Waals surface area contributed by atoms with Crippen molar-refractivity contribution in [1.29, 1.82) is 0 Å². The Morgan fingerprint density at radius 1 is 1.31 bits per heavy atom. The molecule has 1 aromatic carbocycles. The maximum atomic E-state index is 14.4. The first-order chi connectivity index (χ1) is 16.3. The van der Waals surface area contributed by atoms with E-state index in [1.54, 1.807) is 25.9 Å². The Labute approximate surface area is 209 Å². The Hall–Kier alpha value is -2.24. The molecule has 1 heterocycles. The molecule has 3 N–H and O–H groups in total. The largest absolute Gasteiger partial charge is 0.395 e. The summed E-state index contributed by atoms with van der Waals surface area (Å²) in [5, 5.41) is 3.14. The lowest BCUT2D eigenvalue weighted by Crippen LogP contribution is -2.42. The van der Waals surface area contributed by atoms with Crippen molar-refractivity contribution in [3.63, 3.8) is 0 Å².